The van der Waals surface area contributed by atoms with Gasteiger partial charge in [0.15, 0.2) is 0 Å². The van der Waals surface area contributed by atoms with Crippen LogP contribution in [0.4, 0.5) is 0 Å². The standard InChI is InChI=1S/C3H8NO3P/c4-3-1-2-8(5,6)7-3/h3H,1-2,4H2,(H,5,6). The minimum Gasteiger partial charge on any atom is -0.324 e. The van der Waals surface area contributed by atoms with Crippen LogP contribution in [0.25, 0.3) is 0 Å². The van der Waals surface area contributed by atoms with Crippen molar-refractivity contribution >= 4 is 7.60 Å². The van der Waals surface area contributed by atoms with Gasteiger partial charge in [-0.3, -0.25) is 9.09 Å². The van der Waals surface area contributed by atoms with Crippen molar-refractivity contribution in [3.05, 3.63) is 0 Å². The van der Waals surface area contributed by atoms with Gasteiger partial charge in [-0.1, -0.05) is 0 Å². The van der Waals surface area contributed by atoms with Crippen LogP contribution in [-0.2, 0) is 9.09 Å². The van der Waals surface area contributed by atoms with E-state index < -0.39 is 13.8 Å². The number of rotatable bonds is 0. The monoisotopic (exact) mass is 137 g/mol. The highest BCUT2D eigenvalue weighted by Crippen LogP contribution is 2.48. The van der Waals surface area contributed by atoms with E-state index in [1.54, 1.807) is 0 Å². The number of hydrogen-bond donors (Lipinski definition) is 2. The van der Waals surface area contributed by atoms with E-state index in [0.717, 1.165) is 0 Å². The molecule has 0 aliphatic carbocycles. The first-order valence-electron chi connectivity index (χ1n) is 2.36. The van der Waals surface area contributed by atoms with Gasteiger partial charge >= 0.3 is 7.60 Å². The molecule has 2 unspecified atom stereocenters. The second-order valence-electron chi connectivity index (χ2n) is 1.79. The van der Waals surface area contributed by atoms with Crippen LogP contribution in [0.5, 0.6) is 0 Å². The summed E-state index contributed by atoms with van der Waals surface area (Å²) < 4.78 is 14.9. The lowest BCUT2D eigenvalue weighted by atomic mass is 10.5. The molecule has 1 saturated heterocycles. The quantitative estimate of drug-likeness (QED) is 0.456. The van der Waals surface area contributed by atoms with E-state index in [2.05, 4.69) is 4.52 Å². The maximum Gasteiger partial charge on any atom is 0.329 e. The van der Waals surface area contributed by atoms with Crippen LogP contribution < -0.4 is 5.73 Å². The van der Waals surface area contributed by atoms with E-state index in [1.807, 2.05) is 0 Å². The van der Waals surface area contributed by atoms with Crippen LogP contribution in [0.2, 0.25) is 0 Å². The van der Waals surface area contributed by atoms with Crippen molar-refractivity contribution in [2.45, 2.75) is 12.6 Å². The van der Waals surface area contributed by atoms with Crippen LogP contribution in [0, 0.1) is 0 Å². The molecule has 1 aliphatic rings. The normalized spacial score (nSPS) is 47.5. The molecule has 1 aliphatic heterocycles. The number of hydrogen-bond acceptors (Lipinski definition) is 3. The van der Waals surface area contributed by atoms with Gasteiger partial charge in [-0.25, -0.2) is 0 Å². The summed E-state index contributed by atoms with van der Waals surface area (Å²) in [4.78, 5) is 8.62. The first-order valence-corrected chi connectivity index (χ1v) is 4.12. The molecule has 1 rings (SSSR count). The summed E-state index contributed by atoms with van der Waals surface area (Å²) in [6, 6.07) is 0. The molecule has 48 valence electrons. The van der Waals surface area contributed by atoms with Gasteiger partial charge in [0, 0.05) is 0 Å². The molecule has 0 amide bonds. The molecule has 0 radical (unpaired) electrons. The van der Waals surface area contributed by atoms with Crippen LogP contribution in [-0.4, -0.2) is 17.3 Å². The molecule has 8 heavy (non-hydrogen) atoms. The fraction of sp³-hybridized carbons (Fsp3) is 1.00. The van der Waals surface area contributed by atoms with Gasteiger partial charge in [-0.15, -0.1) is 0 Å². The Morgan fingerprint density at radius 2 is 2.50 bits per heavy atom. The van der Waals surface area contributed by atoms with Crippen molar-refractivity contribution in [3.8, 4) is 0 Å². The van der Waals surface area contributed by atoms with Gasteiger partial charge in [-0.05, 0) is 6.42 Å². The average molecular weight is 137 g/mol. The molecule has 0 saturated carbocycles. The van der Waals surface area contributed by atoms with Gasteiger partial charge in [-0.2, -0.15) is 0 Å². The lowest BCUT2D eigenvalue weighted by Crippen LogP contribution is -2.16. The van der Waals surface area contributed by atoms with E-state index in [-0.39, 0.29) is 6.16 Å². The summed E-state index contributed by atoms with van der Waals surface area (Å²) in [5.41, 5.74) is 5.16. The second-order valence-corrected chi connectivity index (χ2v) is 3.73. The summed E-state index contributed by atoms with van der Waals surface area (Å²) in [7, 11) is -3.22. The minimum atomic E-state index is -3.22. The third kappa shape index (κ3) is 1.29. The summed E-state index contributed by atoms with van der Waals surface area (Å²) >= 11 is 0. The Morgan fingerprint density at radius 3 is 2.62 bits per heavy atom. The van der Waals surface area contributed by atoms with Crippen molar-refractivity contribution in [2.24, 2.45) is 5.73 Å². The molecule has 3 N–H and O–H groups in total. The first-order chi connectivity index (χ1) is 3.60. The highest BCUT2D eigenvalue weighted by molar-refractivity contribution is 7.53. The van der Waals surface area contributed by atoms with E-state index in [0.29, 0.717) is 6.42 Å². The number of nitrogens with two attached hydrogens (primary N) is 1. The van der Waals surface area contributed by atoms with Crippen LogP contribution >= 0.6 is 7.60 Å². The maximum absolute atomic E-state index is 10.5. The van der Waals surface area contributed by atoms with Crippen molar-refractivity contribution in [1.29, 1.82) is 0 Å². The van der Waals surface area contributed by atoms with Crippen molar-refractivity contribution in [1.82, 2.24) is 0 Å². The van der Waals surface area contributed by atoms with E-state index in [9.17, 15) is 4.57 Å². The van der Waals surface area contributed by atoms with E-state index in [4.69, 9.17) is 10.6 Å². The Morgan fingerprint density at radius 1 is 1.88 bits per heavy atom. The first kappa shape index (κ1) is 6.23. The molecule has 0 aromatic carbocycles. The summed E-state index contributed by atoms with van der Waals surface area (Å²) in [6.07, 6.45) is 0.174. The van der Waals surface area contributed by atoms with Crippen LogP contribution in [0.1, 0.15) is 6.42 Å². The zero-order valence-electron chi connectivity index (χ0n) is 4.28. The predicted molar refractivity (Wildman–Crippen MR) is 28.4 cm³/mol. The van der Waals surface area contributed by atoms with Crippen LogP contribution in [0.15, 0.2) is 0 Å². The molecular weight excluding hydrogens is 129 g/mol. The molecular formula is C3H8NO3P. The van der Waals surface area contributed by atoms with E-state index >= 15 is 0 Å². The third-order valence-corrected chi connectivity index (χ3v) is 2.42. The second kappa shape index (κ2) is 1.81. The van der Waals surface area contributed by atoms with Crippen molar-refractivity contribution in [3.63, 3.8) is 0 Å². The SMILES string of the molecule is NC1CCP(=O)(O)O1. The summed E-state index contributed by atoms with van der Waals surface area (Å²) in [5.74, 6) is 0. The Balaban J connectivity index is 2.57. The van der Waals surface area contributed by atoms with Crippen molar-refractivity contribution in [2.75, 3.05) is 6.16 Å². The zero-order valence-corrected chi connectivity index (χ0v) is 5.17. The van der Waals surface area contributed by atoms with Gasteiger partial charge in [0.1, 0.15) is 6.23 Å². The highest BCUT2D eigenvalue weighted by atomic mass is 31.2. The lowest BCUT2D eigenvalue weighted by Gasteiger charge is -2.01. The minimum absolute atomic E-state index is 0.203. The summed E-state index contributed by atoms with van der Waals surface area (Å²) in [5, 5.41) is 0. The fourth-order valence-corrected chi connectivity index (χ4v) is 1.82. The molecule has 0 spiro atoms. The summed E-state index contributed by atoms with van der Waals surface area (Å²) in [6.45, 7) is 0. The Labute approximate surface area is 47.2 Å². The molecule has 2 atom stereocenters. The van der Waals surface area contributed by atoms with Gasteiger partial charge in [0.25, 0.3) is 0 Å². The lowest BCUT2D eigenvalue weighted by molar-refractivity contribution is 0.212. The topological polar surface area (TPSA) is 72.6 Å². The Bertz CT molecular complexity index is 136. The molecule has 0 bridgehead atoms. The highest BCUT2D eigenvalue weighted by Gasteiger charge is 2.30. The predicted octanol–water partition coefficient (Wildman–Crippen LogP) is -0.123. The van der Waals surface area contributed by atoms with Gasteiger partial charge in [0.2, 0.25) is 0 Å². The molecule has 1 fully saturated rings. The Kier molecular flexibility index (Phi) is 1.41. The van der Waals surface area contributed by atoms with Gasteiger partial charge in [0.05, 0.1) is 6.16 Å². The maximum atomic E-state index is 10.5. The zero-order chi connectivity index (χ0) is 6.20. The Hall–Kier alpha value is 0.110. The third-order valence-electron chi connectivity index (χ3n) is 0.996. The molecule has 0 aromatic heterocycles. The molecule has 1 heterocycles. The van der Waals surface area contributed by atoms with Gasteiger partial charge < -0.3 is 10.6 Å². The molecule has 0 aromatic rings. The molecule has 4 nitrogen and oxygen atoms in total. The fourth-order valence-electron chi connectivity index (χ4n) is 0.607. The average Bonchev–Trinajstić information content (AvgIpc) is 1.82. The van der Waals surface area contributed by atoms with Crippen molar-refractivity contribution < 1.29 is 14.0 Å². The molecule has 5 heteroatoms. The largest absolute Gasteiger partial charge is 0.329 e. The van der Waals surface area contributed by atoms with E-state index in [1.165, 1.54) is 0 Å². The smallest absolute Gasteiger partial charge is 0.324 e. The van der Waals surface area contributed by atoms with Crippen LogP contribution in [0.3, 0.4) is 0 Å².